The number of hydrogen-bond donors (Lipinski definition) is 0. The van der Waals surface area contributed by atoms with Crippen molar-refractivity contribution in [2.24, 2.45) is 0 Å². The van der Waals surface area contributed by atoms with Gasteiger partial charge < -0.3 is 0 Å². The zero-order chi connectivity index (χ0) is 5.21. The second-order valence-corrected chi connectivity index (χ2v) is 5.74. The minimum absolute atomic E-state index is 0.604. The Labute approximate surface area is 53.7 Å². The molecule has 0 amide bonds. The first-order valence-corrected chi connectivity index (χ1v) is 4.68. The molecule has 0 atom stereocenters. The molecule has 0 saturated carbocycles. The quantitative estimate of drug-likeness (QED) is 0.443. The van der Waals surface area contributed by atoms with Crippen LogP contribution in [0, 0.1) is 0 Å². The molecule has 0 aromatic heterocycles. The molecule has 0 aliphatic carbocycles. The summed E-state index contributed by atoms with van der Waals surface area (Å²) in [7, 11) is 0. The summed E-state index contributed by atoms with van der Waals surface area (Å²) in [5.41, 5.74) is 0. The SMILES string of the molecule is [Li][Se]C(C)(C)C. The molecular formula is C4H9LiSe. The van der Waals surface area contributed by atoms with Gasteiger partial charge in [-0.15, -0.1) is 0 Å². The summed E-state index contributed by atoms with van der Waals surface area (Å²) < 4.78 is 0.604. The van der Waals surface area contributed by atoms with E-state index < -0.39 is 0 Å². The summed E-state index contributed by atoms with van der Waals surface area (Å²) in [5, 5.41) is 0. The van der Waals surface area contributed by atoms with Gasteiger partial charge in [0.25, 0.3) is 0 Å². The van der Waals surface area contributed by atoms with Gasteiger partial charge in [0.15, 0.2) is 0 Å². The molecule has 0 rings (SSSR count). The van der Waals surface area contributed by atoms with Gasteiger partial charge in [0.1, 0.15) is 0 Å². The fourth-order valence-electron chi connectivity index (χ4n) is 0. The third-order valence-corrected chi connectivity index (χ3v) is 3.18. The van der Waals surface area contributed by atoms with Crippen LogP contribution in [0.15, 0.2) is 0 Å². The fraction of sp³-hybridized carbons (Fsp3) is 1.00. The average Bonchev–Trinajstić information content (AvgIpc) is 1.35. The monoisotopic (exact) mass is 144 g/mol. The molecule has 0 N–H and O–H groups in total. The average molecular weight is 143 g/mol. The van der Waals surface area contributed by atoms with Crippen molar-refractivity contribution in [3.63, 3.8) is 0 Å². The molecule has 0 nitrogen and oxygen atoms in total. The van der Waals surface area contributed by atoms with E-state index in [9.17, 15) is 0 Å². The Hall–Kier alpha value is 1.12. The van der Waals surface area contributed by atoms with Crippen molar-refractivity contribution < 1.29 is 0 Å². The molecule has 0 aliphatic heterocycles. The van der Waals surface area contributed by atoms with E-state index in [0.717, 1.165) is 12.8 Å². The first kappa shape index (κ1) is 7.12. The topological polar surface area (TPSA) is 0 Å². The summed E-state index contributed by atoms with van der Waals surface area (Å²) in [5.74, 6) is 0. The molecule has 0 unspecified atom stereocenters. The van der Waals surface area contributed by atoms with Gasteiger partial charge in [0, 0.05) is 0 Å². The third kappa shape index (κ3) is 5.12. The van der Waals surface area contributed by atoms with Crippen LogP contribution in [-0.4, -0.2) is 28.5 Å². The molecule has 0 spiro atoms. The first-order chi connectivity index (χ1) is 2.56. The molecule has 0 fully saturated rings. The van der Waals surface area contributed by atoms with E-state index in [1.54, 1.807) is 0 Å². The van der Waals surface area contributed by atoms with Crippen LogP contribution in [-0.2, 0) is 0 Å². The molecule has 2 heteroatoms. The van der Waals surface area contributed by atoms with E-state index in [1.165, 1.54) is 0 Å². The van der Waals surface area contributed by atoms with Crippen LogP contribution >= 0.6 is 0 Å². The van der Waals surface area contributed by atoms with Crippen LogP contribution in [0.1, 0.15) is 20.8 Å². The Morgan fingerprint density at radius 1 is 1.33 bits per heavy atom. The van der Waals surface area contributed by atoms with E-state index in [-0.39, 0.29) is 0 Å². The second-order valence-electron chi connectivity index (χ2n) is 2.32. The maximum atomic E-state index is 2.27. The van der Waals surface area contributed by atoms with Gasteiger partial charge in [0.05, 0.1) is 0 Å². The van der Waals surface area contributed by atoms with E-state index in [1.807, 2.05) is 0 Å². The molecular weight excluding hydrogens is 134 g/mol. The van der Waals surface area contributed by atoms with Crippen LogP contribution in [0.4, 0.5) is 0 Å². The molecule has 6 heavy (non-hydrogen) atoms. The maximum absolute atomic E-state index is 2.27. The second kappa shape index (κ2) is 2.43. The molecule has 0 heterocycles. The van der Waals surface area contributed by atoms with Crippen LogP contribution in [0.3, 0.4) is 0 Å². The normalized spacial score (nSPS) is 12.2. The van der Waals surface area contributed by atoms with Crippen LogP contribution in [0.5, 0.6) is 0 Å². The summed E-state index contributed by atoms with van der Waals surface area (Å²) in [6.45, 7) is 6.81. The van der Waals surface area contributed by atoms with Crippen molar-refractivity contribution in [2.75, 3.05) is 0 Å². The Balaban J connectivity index is 3.17. The molecule has 32 valence electrons. The Morgan fingerprint density at radius 3 is 1.50 bits per heavy atom. The van der Waals surface area contributed by atoms with Crippen molar-refractivity contribution >= 4 is 28.5 Å². The predicted octanol–water partition coefficient (Wildman–Crippen LogP) is 0.992. The van der Waals surface area contributed by atoms with E-state index in [2.05, 4.69) is 36.5 Å². The van der Waals surface area contributed by atoms with E-state index in [4.69, 9.17) is 0 Å². The predicted molar refractivity (Wildman–Crippen MR) is 31.2 cm³/mol. The summed E-state index contributed by atoms with van der Waals surface area (Å²) >= 11 is 3.08. The summed E-state index contributed by atoms with van der Waals surface area (Å²) in [4.78, 5) is 0. The zero-order valence-electron chi connectivity index (χ0n) is 4.91. The Morgan fingerprint density at radius 2 is 1.50 bits per heavy atom. The van der Waals surface area contributed by atoms with E-state index >= 15 is 0 Å². The third-order valence-electron chi connectivity index (χ3n) is 0.612. The molecule has 0 radical (unpaired) electrons. The molecule has 0 bridgehead atoms. The van der Waals surface area contributed by atoms with Crippen LogP contribution in [0.25, 0.3) is 0 Å². The zero-order valence-corrected chi connectivity index (χ0v) is 6.62. The van der Waals surface area contributed by atoms with Gasteiger partial charge in [0.2, 0.25) is 0 Å². The van der Waals surface area contributed by atoms with Crippen LogP contribution < -0.4 is 0 Å². The fourth-order valence-corrected chi connectivity index (χ4v) is 0. The van der Waals surface area contributed by atoms with Crippen molar-refractivity contribution in [1.82, 2.24) is 0 Å². The van der Waals surface area contributed by atoms with Crippen molar-refractivity contribution in [3.8, 4) is 0 Å². The van der Waals surface area contributed by atoms with Gasteiger partial charge in [-0.25, -0.2) is 0 Å². The standard InChI is InChI=1S/C4H10Se.Li/c1-4(2,3)5;/h5H,1-3H3;/q;+1/p-1. The molecule has 0 aliphatic rings. The van der Waals surface area contributed by atoms with Gasteiger partial charge in [-0.1, -0.05) is 0 Å². The molecule has 0 saturated heterocycles. The van der Waals surface area contributed by atoms with Gasteiger partial charge in [-0.2, -0.15) is 0 Å². The Kier molecular flexibility index (Phi) is 2.88. The van der Waals surface area contributed by atoms with Crippen LogP contribution in [0.2, 0.25) is 4.31 Å². The van der Waals surface area contributed by atoms with Gasteiger partial charge >= 0.3 is 53.6 Å². The van der Waals surface area contributed by atoms with Gasteiger partial charge in [-0.05, 0) is 0 Å². The summed E-state index contributed by atoms with van der Waals surface area (Å²) in [6, 6.07) is 0. The van der Waals surface area contributed by atoms with Gasteiger partial charge in [-0.3, -0.25) is 0 Å². The van der Waals surface area contributed by atoms with E-state index in [0.29, 0.717) is 4.31 Å². The first-order valence-electron chi connectivity index (χ1n) is 2.11. The number of hydrogen-bond acceptors (Lipinski definition) is 0. The Bertz CT molecular complexity index is 37.3. The minimum atomic E-state index is 0.604. The number of rotatable bonds is 0. The van der Waals surface area contributed by atoms with Crippen molar-refractivity contribution in [3.05, 3.63) is 0 Å². The molecule has 0 aromatic rings. The molecule has 0 aromatic carbocycles. The van der Waals surface area contributed by atoms with Crippen molar-refractivity contribution in [1.29, 1.82) is 0 Å². The summed E-state index contributed by atoms with van der Waals surface area (Å²) in [6.07, 6.45) is 0. The van der Waals surface area contributed by atoms with Crippen molar-refractivity contribution in [2.45, 2.75) is 25.1 Å².